The van der Waals surface area contributed by atoms with E-state index in [9.17, 15) is 36.2 Å². The van der Waals surface area contributed by atoms with E-state index in [4.69, 9.17) is 14.2 Å². The van der Waals surface area contributed by atoms with Crippen molar-refractivity contribution in [3.8, 4) is 17.2 Å². The third-order valence-electron chi connectivity index (χ3n) is 4.31. The summed E-state index contributed by atoms with van der Waals surface area (Å²) < 4.78 is 93.0. The van der Waals surface area contributed by atoms with Crippen LogP contribution in [0.2, 0.25) is 0 Å². The zero-order chi connectivity index (χ0) is 23.6. The van der Waals surface area contributed by atoms with Crippen LogP contribution in [0, 0.1) is 0 Å². The van der Waals surface area contributed by atoms with Gasteiger partial charge >= 0.3 is 12.4 Å². The second-order valence-electron chi connectivity index (χ2n) is 6.15. The molecule has 0 aliphatic heterocycles. The van der Waals surface area contributed by atoms with E-state index in [0.29, 0.717) is 12.1 Å². The van der Waals surface area contributed by atoms with Crippen molar-refractivity contribution in [2.75, 3.05) is 26.6 Å². The number of halogens is 6. The number of amides is 1. The van der Waals surface area contributed by atoms with Gasteiger partial charge in [0.05, 0.1) is 21.3 Å². The third kappa shape index (κ3) is 4.48. The number of rotatable bonds is 6. The summed E-state index contributed by atoms with van der Waals surface area (Å²) in [4.78, 5) is 12.5. The molecule has 0 aliphatic rings. The van der Waals surface area contributed by atoms with Crippen LogP contribution in [0.3, 0.4) is 0 Å². The highest BCUT2D eigenvalue weighted by Crippen LogP contribution is 2.50. The van der Waals surface area contributed by atoms with Gasteiger partial charge in [-0.3, -0.25) is 4.79 Å². The molecule has 0 bridgehead atoms. The topological polar surface area (TPSA) is 77.0 Å². The molecule has 0 atom stereocenters. The molecule has 0 saturated carbocycles. The van der Waals surface area contributed by atoms with Crippen molar-refractivity contribution in [1.82, 2.24) is 0 Å². The quantitative estimate of drug-likeness (QED) is 0.639. The van der Waals surface area contributed by atoms with Gasteiger partial charge in [0.15, 0.2) is 11.5 Å². The van der Waals surface area contributed by atoms with E-state index in [1.54, 1.807) is 0 Å². The number of ether oxygens (including phenoxy) is 3. The normalized spacial score (nSPS) is 12.3. The minimum atomic E-state index is -6.01. The Morgan fingerprint density at radius 1 is 0.839 bits per heavy atom. The molecule has 0 radical (unpaired) electrons. The van der Waals surface area contributed by atoms with Crippen LogP contribution in [0.5, 0.6) is 17.2 Å². The number of methoxy groups -OCH3 is 3. The van der Waals surface area contributed by atoms with Crippen LogP contribution in [0.1, 0.15) is 15.9 Å². The molecule has 6 nitrogen and oxygen atoms in total. The van der Waals surface area contributed by atoms with Crippen molar-refractivity contribution in [2.45, 2.75) is 18.0 Å². The molecule has 2 N–H and O–H groups in total. The van der Waals surface area contributed by atoms with Crippen LogP contribution in [-0.4, -0.2) is 44.7 Å². The van der Waals surface area contributed by atoms with Crippen LogP contribution in [0.4, 0.5) is 32.0 Å². The molecule has 1 amide bonds. The lowest BCUT2D eigenvalue weighted by Crippen LogP contribution is -2.53. The summed E-state index contributed by atoms with van der Waals surface area (Å²) in [5.74, 6) is -0.232. The van der Waals surface area contributed by atoms with E-state index < -0.39 is 29.4 Å². The van der Waals surface area contributed by atoms with Crippen molar-refractivity contribution in [2.24, 2.45) is 0 Å². The standard InChI is InChI=1S/C19H17F6NO5/c1-29-13-8-10(9-14(30-2)15(13)31-3)16(27)26-12-6-4-11(5-7-12)17(28,18(20,21)22)19(23,24)25/h4-9,28H,1-3H3,(H,26,27). The molecule has 0 saturated heterocycles. The van der Waals surface area contributed by atoms with Crippen LogP contribution >= 0.6 is 0 Å². The molecular formula is C19H17F6NO5. The van der Waals surface area contributed by atoms with Crippen molar-refractivity contribution < 1.29 is 50.5 Å². The Morgan fingerprint density at radius 2 is 1.29 bits per heavy atom. The van der Waals surface area contributed by atoms with E-state index in [2.05, 4.69) is 5.32 Å². The minimum absolute atomic E-state index is 0.0145. The number of carbonyl (C=O) groups excluding carboxylic acids is 1. The molecule has 2 aromatic rings. The van der Waals surface area contributed by atoms with Gasteiger partial charge in [0.1, 0.15) is 0 Å². The van der Waals surface area contributed by atoms with E-state index in [0.717, 1.165) is 12.1 Å². The largest absolute Gasteiger partial charge is 0.493 e. The number of hydrogen-bond donors (Lipinski definition) is 2. The van der Waals surface area contributed by atoms with Crippen molar-refractivity contribution in [1.29, 1.82) is 0 Å². The highest BCUT2D eigenvalue weighted by Gasteiger charge is 2.71. The number of nitrogens with one attached hydrogen (secondary N) is 1. The van der Waals surface area contributed by atoms with Crippen LogP contribution in [-0.2, 0) is 5.60 Å². The monoisotopic (exact) mass is 453 g/mol. The number of anilines is 1. The fourth-order valence-electron chi connectivity index (χ4n) is 2.70. The Morgan fingerprint density at radius 3 is 1.65 bits per heavy atom. The van der Waals surface area contributed by atoms with E-state index in [1.807, 2.05) is 0 Å². The summed E-state index contributed by atoms with van der Waals surface area (Å²) in [5, 5.41) is 11.7. The number of benzene rings is 2. The van der Waals surface area contributed by atoms with Gasteiger partial charge in [0, 0.05) is 16.8 Å². The average molecular weight is 453 g/mol. The molecule has 0 spiro atoms. The summed E-state index contributed by atoms with van der Waals surface area (Å²) in [6.07, 6.45) is -12.0. The summed E-state index contributed by atoms with van der Waals surface area (Å²) in [5.41, 5.74) is -6.60. The number of alkyl halides is 6. The predicted octanol–water partition coefficient (Wildman–Crippen LogP) is 4.28. The summed E-state index contributed by atoms with van der Waals surface area (Å²) in [6, 6.07) is 5.05. The second kappa shape index (κ2) is 8.53. The maximum absolute atomic E-state index is 12.9. The Bertz CT molecular complexity index is 901. The molecule has 12 heteroatoms. The van der Waals surface area contributed by atoms with Gasteiger partial charge in [0.25, 0.3) is 11.5 Å². The fourth-order valence-corrected chi connectivity index (χ4v) is 2.70. The first-order chi connectivity index (χ1) is 14.3. The Labute approximate surface area is 172 Å². The molecule has 0 fully saturated rings. The third-order valence-corrected chi connectivity index (χ3v) is 4.31. The molecular weight excluding hydrogens is 436 g/mol. The Kier molecular flexibility index (Phi) is 6.64. The van der Waals surface area contributed by atoms with Crippen molar-refractivity contribution >= 4 is 11.6 Å². The van der Waals surface area contributed by atoms with E-state index in [-0.39, 0.29) is 28.5 Å². The predicted molar refractivity (Wildman–Crippen MR) is 96.5 cm³/mol. The summed E-state index contributed by atoms with van der Waals surface area (Å²) >= 11 is 0. The summed E-state index contributed by atoms with van der Waals surface area (Å²) in [7, 11) is 3.99. The number of aliphatic hydroxyl groups is 1. The van der Waals surface area contributed by atoms with Crippen LogP contribution < -0.4 is 19.5 Å². The lowest BCUT2D eigenvalue weighted by molar-refractivity contribution is -0.376. The highest BCUT2D eigenvalue weighted by molar-refractivity contribution is 6.05. The van der Waals surface area contributed by atoms with Gasteiger partial charge in [-0.15, -0.1) is 0 Å². The highest BCUT2D eigenvalue weighted by atomic mass is 19.4. The molecule has 0 aromatic heterocycles. The molecule has 31 heavy (non-hydrogen) atoms. The lowest BCUT2D eigenvalue weighted by Gasteiger charge is -2.32. The van der Waals surface area contributed by atoms with Gasteiger partial charge in [-0.1, -0.05) is 12.1 Å². The second-order valence-corrected chi connectivity index (χ2v) is 6.15. The Balaban J connectivity index is 2.34. The zero-order valence-electron chi connectivity index (χ0n) is 16.3. The van der Waals surface area contributed by atoms with Crippen molar-refractivity contribution in [3.05, 3.63) is 47.5 Å². The Hall–Kier alpha value is -3.15. The summed E-state index contributed by atoms with van der Waals surface area (Å²) in [6.45, 7) is 0. The van der Waals surface area contributed by atoms with E-state index >= 15 is 0 Å². The van der Waals surface area contributed by atoms with Crippen molar-refractivity contribution in [3.63, 3.8) is 0 Å². The SMILES string of the molecule is COc1cc(C(=O)Nc2ccc(C(O)(C(F)(F)F)C(F)(F)F)cc2)cc(OC)c1OC. The number of carbonyl (C=O) groups is 1. The van der Waals surface area contributed by atoms with Gasteiger partial charge < -0.3 is 24.6 Å². The number of hydrogen-bond acceptors (Lipinski definition) is 5. The van der Waals surface area contributed by atoms with Crippen LogP contribution in [0.15, 0.2) is 36.4 Å². The van der Waals surface area contributed by atoms with Gasteiger partial charge in [-0.05, 0) is 24.3 Å². The lowest BCUT2D eigenvalue weighted by atomic mass is 9.92. The van der Waals surface area contributed by atoms with Gasteiger partial charge in [0.2, 0.25) is 5.75 Å². The molecule has 170 valence electrons. The molecule has 0 heterocycles. The zero-order valence-corrected chi connectivity index (χ0v) is 16.3. The molecule has 0 unspecified atom stereocenters. The smallest absolute Gasteiger partial charge is 0.430 e. The molecule has 2 aromatic carbocycles. The van der Waals surface area contributed by atoms with Gasteiger partial charge in [-0.2, -0.15) is 26.3 Å². The first-order valence-corrected chi connectivity index (χ1v) is 8.37. The fraction of sp³-hybridized carbons (Fsp3) is 0.316. The van der Waals surface area contributed by atoms with Crippen LogP contribution in [0.25, 0.3) is 0 Å². The van der Waals surface area contributed by atoms with E-state index in [1.165, 1.54) is 33.5 Å². The molecule has 2 rings (SSSR count). The minimum Gasteiger partial charge on any atom is -0.493 e. The first kappa shape index (κ1) is 24.1. The molecule has 0 aliphatic carbocycles. The average Bonchev–Trinajstić information content (AvgIpc) is 2.70. The maximum Gasteiger partial charge on any atom is 0.430 e. The first-order valence-electron chi connectivity index (χ1n) is 8.37. The maximum atomic E-state index is 12.9. The van der Waals surface area contributed by atoms with Gasteiger partial charge in [-0.25, -0.2) is 0 Å².